The number of rotatable bonds is 5. The van der Waals surface area contributed by atoms with Gasteiger partial charge in [-0.2, -0.15) is 13.2 Å². The van der Waals surface area contributed by atoms with E-state index in [4.69, 9.17) is 9.72 Å². The van der Waals surface area contributed by atoms with Crippen LogP contribution in [0.1, 0.15) is 53.6 Å². The van der Waals surface area contributed by atoms with Gasteiger partial charge in [-0.15, -0.1) is 0 Å². The van der Waals surface area contributed by atoms with Crippen molar-refractivity contribution in [2.75, 3.05) is 12.4 Å². The Hall–Kier alpha value is -3.43. The fourth-order valence-corrected chi connectivity index (χ4v) is 4.29. The number of aldehydes is 1. The van der Waals surface area contributed by atoms with E-state index in [0.29, 0.717) is 17.0 Å². The zero-order valence-electron chi connectivity index (χ0n) is 18.1. The molecule has 2 heterocycles. The van der Waals surface area contributed by atoms with Gasteiger partial charge in [-0.25, -0.2) is 9.97 Å². The molecular weight excluding hydrogens is 437 g/mol. The minimum Gasteiger partial charge on any atom is -0.494 e. The fraction of sp³-hybridized carbons (Fsp3) is 0.391. The number of carbonyl (C=O) groups is 2. The molecule has 3 aromatic rings. The maximum absolute atomic E-state index is 13.0. The number of aryl methyl sites for hydroxylation is 1. The molecule has 174 valence electrons. The van der Waals surface area contributed by atoms with Crippen LogP contribution in [0.2, 0.25) is 0 Å². The number of halogens is 3. The lowest BCUT2D eigenvalue weighted by Gasteiger charge is -2.24. The molecule has 0 spiro atoms. The Labute approximate surface area is 188 Å². The Balaban J connectivity index is 1.64. The summed E-state index contributed by atoms with van der Waals surface area (Å²) in [5, 5.41) is 2.60. The number of amides is 1. The van der Waals surface area contributed by atoms with Crippen LogP contribution in [0.5, 0.6) is 5.75 Å². The van der Waals surface area contributed by atoms with Gasteiger partial charge in [-0.1, -0.05) is 6.07 Å². The molecule has 1 aliphatic carbocycles. The minimum absolute atomic E-state index is 0.0994. The lowest BCUT2D eigenvalue weighted by Crippen LogP contribution is -2.17. The highest BCUT2D eigenvalue weighted by Crippen LogP contribution is 2.37. The topological polar surface area (TPSA) is 86.1 Å². The molecule has 33 heavy (non-hydrogen) atoms. The number of nitrogens with one attached hydrogen (secondary N) is 1. The van der Waals surface area contributed by atoms with Gasteiger partial charge in [0.05, 0.1) is 23.8 Å². The van der Waals surface area contributed by atoms with Gasteiger partial charge < -0.3 is 19.4 Å². The predicted molar refractivity (Wildman–Crippen MR) is 115 cm³/mol. The number of benzene rings is 1. The third-order valence-corrected chi connectivity index (χ3v) is 6.09. The molecule has 0 radical (unpaired) electrons. The van der Waals surface area contributed by atoms with E-state index in [0.717, 1.165) is 55.4 Å². The molecule has 1 N–H and O–H groups in total. The summed E-state index contributed by atoms with van der Waals surface area (Å²) >= 11 is 0. The first-order valence-electron chi connectivity index (χ1n) is 10.6. The van der Waals surface area contributed by atoms with Gasteiger partial charge in [0.1, 0.15) is 29.2 Å². The highest BCUT2D eigenvalue weighted by atomic mass is 19.4. The maximum atomic E-state index is 13.0. The van der Waals surface area contributed by atoms with E-state index in [1.807, 2.05) is 11.6 Å². The van der Waals surface area contributed by atoms with E-state index in [2.05, 4.69) is 10.3 Å². The molecule has 1 aliphatic rings. The average molecular weight is 460 g/mol. The Kier molecular flexibility index (Phi) is 6.09. The van der Waals surface area contributed by atoms with E-state index < -0.39 is 17.8 Å². The molecule has 0 saturated heterocycles. The van der Waals surface area contributed by atoms with Crippen molar-refractivity contribution < 1.29 is 27.5 Å². The summed E-state index contributed by atoms with van der Waals surface area (Å²) in [6, 6.07) is 6.53. The monoisotopic (exact) mass is 460 g/mol. The van der Waals surface area contributed by atoms with Crippen molar-refractivity contribution in [3.8, 4) is 5.75 Å². The second-order valence-electron chi connectivity index (χ2n) is 8.18. The number of imidazole rings is 1. The molecule has 1 amide bonds. The van der Waals surface area contributed by atoms with Crippen LogP contribution >= 0.6 is 0 Å². The first kappa shape index (κ1) is 22.8. The molecule has 0 atom stereocenters. The van der Waals surface area contributed by atoms with E-state index in [9.17, 15) is 22.8 Å². The van der Waals surface area contributed by atoms with E-state index in [1.165, 1.54) is 13.2 Å². The summed E-state index contributed by atoms with van der Waals surface area (Å²) in [7, 11) is 3.31. The normalized spacial score (nSPS) is 18.8. The summed E-state index contributed by atoms with van der Waals surface area (Å²) in [5.41, 5.74) is 0.226. The third-order valence-electron chi connectivity index (χ3n) is 6.09. The average Bonchev–Trinajstić information content (AvgIpc) is 3.13. The van der Waals surface area contributed by atoms with Crippen molar-refractivity contribution in [1.29, 1.82) is 0 Å². The second kappa shape index (κ2) is 8.84. The predicted octanol–water partition coefficient (Wildman–Crippen LogP) is 4.72. The van der Waals surface area contributed by atoms with Crippen LogP contribution in [0.15, 0.2) is 30.3 Å². The lowest BCUT2D eigenvalue weighted by molar-refractivity contribution is -0.141. The maximum Gasteiger partial charge on any atom is 0.433 e. The van der Waals surface area contributed by atoms with Crippen LogP contribution in [0.25, 0.3) is 11.0 Å². The summed E-state index contributed by atoms with van der Waals surface area (Å²) < 4.78 is 46.2. The number of hydrogen-bond donors (Lipinski definition) is 1. The first-order valence-corrected chi connectivity index (χ1v) is 10.6. The zero-order chi connectivity index (χ0) is 23.8. The van der Waals surface area contributed by atoms with Gasteiger partial charge >= 0.3 is 6.18 Å². The highest BCUT2D eigenvalue weighted by molar-refractivity contribution is 6.04. The van der Waals surface area contributed by atoms with Gasteiger partial charge in [0.2, 0.25) is 0 Å². The Morgan fingerprint density at radius 3 is 2.55 bits per heavy atom. The van der Waals surface area contributed by atoms with Crippen molar-refractivity contribution in [3.05, 3.63) is 47.5 Å². The second-order valence-corrected chi connectivity index (χ2v) is 8.18. The number of nitrogens with zero attached hydrogens (tertiary/aromatic N) is 3. The number of fused-ring (bicyclic) bond motifs is 1. The van der Waals surface area contributed by atoms with Crippen LogP contribution in [0.4, 0.5) is 18.9 Å². The van der Waals surface area contributed by atoms with Crippen molar-refractivity contribution in [2.45, 2.75) is 37.8 Å². The van der Waals surface area contributed by atoms with Crippen molar-refractivity contribution in [2.24, 2.45) is 13.0 Å². The Bertz CT molecular complexity index is 1200. The highest BCUT2D eigenvalue weighted by Gasteiger charge is 2.33. The summed E-state index contributed by atoms with van der Waals surface area (Å²) in [6.45, 7) is 0. The minimum atomic E-state index is -4.65. The summed E-state index contributed by atoms with van der Waals surface area (Å²) in [5.74, 6) is 0.754. The standard InChI is InChI=1S/C23H23F3N4O3/c1-30-18-10-17(29-22(32)15-4-3-5-20(27-15)23(24,25)26)19(33-2)11-16(18)28-21(30)14-8-6-13(12-31)7-9-14/h3-5,10-14H,6-9H2,1-2H3,(H,29,32). The molecule has 2 aromatic heterocycles. The molecule has 7 nitrogen and oxygen atoms in total. The van der Waals surface area contributed by atoms with E-state index in [-0.39, 0.29) is 17.5 Å². The van der Waals surface area contributed by atoms with Crippen molar-refractivity contribution in [3.63, 3.8) is 0 Å². The third kappa shape index (κ3) is 4.55. The van der Waals surface area contributed by atoms with Crippen LogP contribution in [-0.2, 0) is 18.0 Å². The molecule has 1 saturated carbocycles. The Morgan fingerprint density at radius 2 is 1.91 bits per heavy atom. The number of alkyl halides is 3. The van der Waals surface area contributed by atoms with E-state index in [1.54, 1.807) is 12.1 Å². The summed E-state index contributed by atoms with van der Waals surface area (Å²) in [6.07, 6.45) is -0.254. The van der Waals surface area contributed by atoms with Crippen molar-refractivity contribution in [1.82, 2.24) is 14.5 Å². The quantitative estimate of drug-likeness (QED) is 0.557. The molecule has 0 unspecified atom stereocenters. The summed E-state index contributed by atoms with van der Waals surface area (Å²) in [4.78, 5) is 31.9. The van der Waals surface area contributed by atoms with Crippen LogP contribution in [0, 0.1) is 5.92 Å². The van der Waals surface area contributed by atoms with Gasteiger partial charge in [-0.05, 0) is 43.9 Å². The molecule has 0 bridgehead atoms. The smallest absolute Gasteiger partial charge is 0.433 e. The number of pyridine rings is 1. The van der Waals surface area contributed by atoms with Gasteiger partial charge in [0.25, 0.3) is 5.91 Å². The molecule has 1 fully saturated rings. The molecule has 10 heteroatoms. The van der Waals surface area contributed by atoms with Crippen molar-refractivity contribution >= 4 is 28.9 Å². The number of hydrogen-bond acceptors (Lipinski definition) is 5. The number of carbonyl (C=O) groups excluding carboxylic acids is 2. The SMILES string of the molecule is COc1cc2nc(C3CCC(C=O)CC3)n(C)c2cc1NC(=O)c1cccc(C(F)(F)F)n1. The molecule has 1 aromatic carbocycles. The van der Waals surface area contributed by atoms with Crippen LogP contribution in [0.3, 0.4) is 0 Å². The lowest BCUT2D eigenvalue weighted by atomic mass is 9.82. The Morgan fingerprint density at radius 1 is 1.18 bits per heavy atom. The molecular formula is C23H23F3N4O3. The first-order chi connectivity index (χ1) is 15.7. The molecule has 0 aliphatic heterocycles. The number of ether oxygens (including phenoxy) is 1. The van der Waals surface area contributed by atoms with Gasteiger partial charge in [0.15, 0.2) is 0 Å². The van der Waals surface area contributed by atoms with Crippen LogP contribution in [-0.4, -0.2) is 33.8 Å². The largest absolute Gasteiger partial charge is 0.494 e. The van der Waals surface area contributed by atoms with E-state index >= 15 is 0 Å². The number of aromatic nitrogens is 3. The zero-order valence-corrected chi connectivity index (χ0v) is 18.1. The van der Waals surface area contributed by atoms with Gasteiger partial charge in [-0.3, -0.25) is 4.79 Å². The molecule has 4 rings (SSSR count). The van der Waals surface area contributed by atoms with Crippen LogP contribution < -0.4 is 10.1 Å². The fourth-order valence-electron chi connectivity index (χ4n) is 4.29. The van der Waals surface area contributed by atoms with Gasteiger partial charge in [0, 0.05) is 24.9 Å². The number of methoxy groups -OCH3 is 1. The number of anilines is 1.